The smallest absolute Gasteiger partial charge is 0.167 e. The van der Waals surface area contributed by atoms with Crippen LogP contribution in [0.1, 0.15) is 46.5 Å². The summed E-state index contributed by atoms with van der Waals surface area (Å²) in [5.41, 5.74) is -0.480. The first-order valence-corrected chi connectivity index (χ1v) is 5.64. The van der Waals surface area contributed by atoms with Gasteiger partial charge in [-0.2, -0.15) is 0 Å². The lowest BCUT2D eigenvalue weighted by molar-refractivity contribution is -0.155. The monoisotopic (exact) mass is 198 g/mol. The van der Waals surface area contributed by atoms with Gasteiger partial charge in [0.2, 0.25) is 0 Å². The Hall–Kier alpha value is -0.370. The zero-order valence-electron chi connectivity index (χ0n) is 9.80. The first kappa shape index (κ1) is 11.7. The van der Waals surface area contributed by atoms with Crippen molar-refractivity contribution in [3.8, 4) is 0 Å². The van der Waals surface area contributed by atoms with Crippen molar-refractivity contribution in [2.45, 2.75) is 52.1 Å². The standard InChI is InChI=1S/C12H22O2/c1-9(2)11(13)12(14-4)8-6-5-7-10(12)3/h9-10H,5-8H2,1-4H3. The summed E-state index contributed by atoms with van der Waals surface area (Å²) in [6, 6.07) is 0. The SMILES string of the molecule is COC1(C(=O)C(C)C)CCCCC1C. The molecule has 0 N–H and O–H groups in total. The lowest BCUT2D eigenvalue weighted by Crippen LogP contribution is -2.50. The number of methoxy groups -OCH3 is 1. The molecule has 2 unspecified atom stereocenters. The number of hydrogen-bond donors (Lipinski definition) is 0. The third-order valence-electron chi connectivity index (χ3n) is 3.54. The van der Waals surface area contributed by atoms with E-state index in [0.717, 1.165) is 19.3 Å². The van der Waals surface area contributed by atoms with Crippen molar-refractivity contribution in [3.05, 3.63) is 0 Å². The van der Waals surface area contributed by atoms with Crippen molar-refractivity contribution >= 4 is 5.78 Å². The molecule has 0 amide bonds. The summed E-state index contributed by atoms with van der Waals surface area (Å²) < 4.78 is 5.56. The number of Topliss-reactive ketones (excluding diaryl/α,β-unsaturated/α-hetero) is 1. The van der Waals surface area contributed by atoms with Crippen LogP contribution >= 0.6 is 0 Å². The van der Waals surface area contributed by atoms with Crippen molar-refractivity contribution < 1.29 is 9.53 Å². The Bertz CT molecular complexity index is 210. The fourth-order valence-electron chi connectivity index (χ4n) is 2.58. The Labute approximate surface area is 87.0 Å². The van der Waals surface area contributed by atoms with E-state index in [1.54, 1.807) is 7.11 Å². The van der Waals surface area contributed by atoms with Crippen LogP contribution in [0.5, 0.6) is 0 Å². The Morgan fingerprint density at radius 3 is 2.50 bits per heavy atom. The molecule has 1 rings (SSSR count). The number of rotatable bonds is 3. The molecule has 0 aromatic rings. The molecule has 0 spiro atoms. The molecule has 1 aliphatic carbocycles. The van der Waals surface area contributed by atoms with E-state index in [1.807, 2.05) is 13.8 Å². The Balaban J connectivity index is 2.88. The largest absolute Gasteiger partial charge is 0.370 e. The van der Waals surface area contributed by atoms with E-state index in [4.69, 9.17) is 4.74 Å². The van der Waals surface area contributed by atoms with Crippen molar-refractivity contribution in [2.24, 2.45) is 11.8 Å². The van der Waals surface area contributed by atoms with Crippen molar-refractivity contribution in [1.29, 1.82) is 0 Å². The maximum Gasteiger partial charge on any atom is 0.167 e. The zero-order valence-corrected chi connectivity index (χ0v) is 9.80. The molecule has 0 radical (unpaired) electrons. The quantitative estimate of drug-likeness (QED) is 0.697. The highest BCUT2D eigenvalue weighted by Gasteiger charge is 2.45. The molecular formula is C12H22O2. The average molecular weight is 198 g/mol. The van der Waals surface area contributed by atoms with Crippen LogP contribution in [0, 0.1) is 11.8 Å². The minimum atomic E-state index is -0.480. The topological polar surface area (TPSA) is 26.3 Å². The van der Waals surface area contributed by atoms with Gasteiger partial charge < -0.3 is 4.74 Å². The molecule has 1 fully saturated rings. The number of carbonyl (C=O) groups excluding carboxylic acids is 1. The molecular weight excluding hydrogens is 176 g/mol. The van der Waals surface area contributed by atoms with Crippen LogP contribution in [-0.2, 0) is 9.53 Å². The van der Waals surface area contributed by atoms with Crippen LogP contribution in [0.25, 0.3) is 0 Å². The molecule has 2 heteroatoms. The first-order valence-electron chi connectivity index (χ1n) is 5.64. The van der Waals surface area contributed by atoms with E-state index in [1.165, 1.54) is 6.42 Å². The summed E-state index contributed by atoms with van der Waals surface area (Å²) >= 11 is 0. The van der Waals surface area contributed by atoms with Gasteiger partial charge in [0.15, 0.2) is 5.78 Å². The maximum atomic E-state index is 12.1. The zero-order chi connectivity index (χ0) is 10.8. The van der Waals surface area contributed by atoms with Crippen molar-refractivity contribution in [1.82, 2.24) is 0 Å². The second-order valence-electron chi connectivity index (χ2n) is 4.76. The van der Waals surface area contributed by atoms with Crippen molar-refractivity contribution in [3.63, 3.8) is 0 Å². The van der Waals surface area contributed by atoms with Gasteiger partial charge in [-0.3, -0.25) is 4.79 Å². The van der Waals surface area contributed by atoms with Crippen LogP contribution in [0.3, 0.4) is 0 Å². The minimum absolute atomic E-state index is 0.0792. The van der Waals surface area contributed by atoms with E-state index in [2.05, 4.69) is 6.92 Å². The molecule has 0 aromatic carbocycles. The molecule has 1 saturated carbocycles. The number of ketones is 1. The molecule has 0 aliphatic heterocycles. The van der Waals surface area contributed by atoms with E-state index in [-0.39, 0.29) is 11.7 Å². The maximum absolute atomic E-state index is 12.1. The summed E-state index contributed by atoms with van der Waals surface area (Å²) in [5.74, 6) is 0.735. The van der Waals surface area contributed by atoms with Gasteiger partial charge in [0.25, 0.3) is 0 Å². The molecule has 1 aliphatic rings. The van der Waals surface area contributed by atoms with E-state index in [0.29, 0.717) is 5.92 Å². The summed E-state index contributed by atoms with van der Waals surface area (Å²) in [7, 11) is 1.68. The Morgan fingerprint density at radius 1 is 1.43 bits per heavy atom. The third kappa shape index (κ3) is 1.85. The highest BCUT2D eigenvalue weighted by molar-refractivity contribution is 5.89. The van der Waals surface area contributed by atoms with Crippen LogP contribution in [0.4, 0.5) is 0 Å². The van der Waals surface area contributed by atoms with Gasteiger partial charge in [0.05, 0.1) is 0 Å². The van der Waals surface area contributed by atoms with Gasteiger partial charge in [0.1, 0.15) is 5.60 Å². The summed E-state index contributed by atoms with van der Waals surface area (Å²) in [6.07, 6.45) is 4.38. The lowest BCUT2D eigenvalue weighted by atomic mass is 9.71. The van der Waals surface area contributed by atoms with Gasteiger partial charge >= 0.3 is 0 Å². The second-order valence-corrected chi connectivity index (χ2v) is 4.76. The van der Waals surface area contributed by atoms with Gasteiger partial charge in [-0.05, 0) is 18.8 Å². The highest BCUT2D eigenvalue weighted by atomic mass is 16.5. The minimum Gasteiger partial charge on any atom is -0.370 e. The highest BCUT2D eigenvalue weighted by Crippen LogP contribution is 2.38. The van der Waals surface area contributed by atoms with Gasteiger partial charge in [-0.25, -0.2) is 0 Å². The van der Waals surface area contributed by atoms with Gasteiger partial charge in [-0.15, -0.1) is 0 Å². The van der Waals surface area contributed by atoms with E-state index >= 15 is 0 Å². The fourth-order valence-corrected chi connectivity index (χ4v) is 2.58. The number of ether oxygens (including phenoxy) is 1. The predicted octanol–water partition coefficient (Wildman–Crippen LogP) is 2.81. The molecule has 0 saturated heterocycles. The molecule has 0 bridgehead atoms. The molecule has 2 atom stereocenters. The van der Waals surface area contributed by atoms with Crippen LogP contribution < -0.4 is 0 Å². The van der Waals surface area contributed by atoms with Crippen LogP contribution in [0.15, 0.2) is 0 Å². The average Bonchev–Trinajstić information content (AvgIpc) is 2.18. The molecule has 0 aromatic heterocycles. The number of hydrogen-bond acceptors (Lipinski definition) is 2. The first-order chi connectivity index (χ1) is 6.54. The van der Waals surface area contributed by atoms with Crippen molar-refractivity contribution in [2.75, 3.05) is 7.11 Å². The summed E-state index contributed by atoms with van der Waals surface area (Å²) in [5, 5.41) is 0. The fraction of sp³-hybridized carbons (Fsp3) is 0.917. The van der Waals surface area contributed by atoms with Crippen LogP contribution in [0.2, 0.25) is 0 Å². The summed E-state index contributed by atoms with van der Waals surface area (Å²) in [4.78, 5) is 12.1. The van der Waals surface area contributed by atoms with Gasteiger partial charge in [-0.1, -0.05) is 33.6 Å². The lowest BCUT2D eigenvalue weighted by Gasteiger charge is -2.41. The van der Waals surface area contributed by atoms with E-state index < -0.39 is 5.60 Å². The van der Waals surface area contributed by atoms with Gasteiger partial charge in [0, 0.05) is 13.0 Å². The van der Waals surface area contributed by atoms with E-state index in [9.17, 15) is 4.79 Å². The number of carbonyl (C=O) groups is 1. The predicted molar refractivity (Wildman–Crippen MR) is 57.2 cm³/mol. The summed E-state index contributed by atoms with van der Waals surface area (Å²) in [6.45, 7) is 6.07. The molecule has 14 heavy (non-hydrogen) atoms. The third-order valence-corrected chi connectivity index (χ3v) is 3.54. The molecule has 82 valence electrons. The van der Waals surface area contributed by atoms with Crippen LogP contribution in [-0.4, -0.2) is 18.5 Å². The molecule has 0 heterocycles. The normalized spacial score (nSPS) is 33.4. The Kier molecular flexibility index (Phi) is 3.71. The second kappa shape index (κ2) is 4.43. The molecule has 2 nitrogen and oxygen atoms in total. The Morgan fingerprint density at radius 2 is 2.07 bits per heavy atom.